The minimum atomic E-state index is -0.0816. The monoisotopic (exact) mass is 204 g/mol. The van der Waals surface area contributed by atoms with E-state index in [9.17, 15) is 4.79 Å². The van der Waals surface area contributed by atoms with Gasteiger partial charge in [-0.15, -0.1) is 0 Å². The van der Waals surface area contributed by atoms with E-state index in [4.69, 9.17) is 5.73 Å². The van der Waals surface area contributed by atoms with Gasteiger partial charge in [0.2, 0.25) is 5.91 Å². The van der Waals surface area contributed by atoms with Gasteiger partial charge in [-0.25, -0.2) is 0 Å². The molecule has 0 heterocycles. The fraction of sp³-hybridized carbons (Fsp3) is 0.250. The van der Waals surface area contributed by atoms with Crippen molar-refractivity contribution in [1.29, 1.82) is 0 Å². The number of carbonyl (C=O) groups excluding carboxylic acids is 1. The lowest BCUT2D eigenvalue weighted by Crippen LogP contribution is -2.28. The van der Waals surface area contributed by atoms with Crippen LogP contribution in [0.4, 0.5) is 5.69 Å². The van der Waals surface area contributed by atoms with Crippen LogP contribution in [0.25, 0.3) is 6.08 Å². The van der Waals surface area contributed by atoms with Crippen LogP contribution in [0.1, 0.15) is 19.4 Å². The first-order valence-corrected chi connectivity index (χ1v) is 4.92. The van der Waals surface area contributed by atoms with Crippen molar-refractivity contribution in [2.75, 3.05) is 5.73 Å². The highest BCUT2D eigenvalue weighted by Gasteiger charge is 1.96. The molecule has 0 radical (unpaired) electrons. The molecule has 0 bridgehead atoms. The summed E-state index contributed by atoms with van der Waals surface area (Å²) in [7, 11) is 0. The summed E-state index contributed by atoms with van der Waals surface area (Å²) in [5.41, 5.74) is 7.23. The number of hydrogen-bond donors (Lipinski definition) is 2. The first-order valence-electron chi connectivity index (χ1n) is 4.92. The van der Waals surface area contributed by atoms with Crippen molar-refractivity contribution < 1.29 is 4.79 Å². The van der Waals surface area contributed by atoms with Crippen molar-refractivity contribution >= 4 is 17.7 Å². The van der Waals surface area contributed by atoms with Gasteiger partial charge in [-0.2, -0.15) is 0 Å². The van der Waals surface area contributed by atoms with Crippen LogP contribution in [0.3, 0.4) is 0 Å². The van der Waals surface area contributed by atoms with Gasteiger partial charge in [0.1, 0.15) is 0 Å². The Morgan fingerprint density at radius 3 is 2.47 bits per heavy atom. The zero-order valence-electron chi connectivity index (χ0n) is 9.03. The summed E-state index contributed by atoms with van der Waals surface area (Å²) in [5.74, 6) is -0.0816. The molecule has 0 fully saturated rings. The fourth-order valence-corrected chi connectivity index (χ4v) is 1.11. The fourth-order valence-electron chi connectivity index (χ4n) is 1.11. The van der Waals surface area contributed by atoms with Crippen molar-refractivity contribution in [2.45, 2.75) is 19.9 Å². The molecular formula is C12H16N2O. The number of nitrogens with two attached hydrogens (primary N) is 1. The molecule has 15 heavy (non-hydrogen) atoms. The Bertz CT molecular complexity index is 352. The minimum Gasteiger partial charge on any atom is -0.399 e. The van der Waals surface area contributed by atoms with E-state index in [1.165, 1.54) is 6.08 Å². The van der Waals surface area contributed by atoms with E-state index in [0.29, 0.717) is 0 Å². The van der Waals surface area contributed by atoms with Crippen LogP contribution < -0.4 is 11.1 Å². The smallest absolute Gasteiger partial charge is 0.244 e. The summed E-state index contributed by atoms with van der Waals surface area (Å²) in [6, 6.07) is 7.51. The van der Waals surface area contributed by atoms with Crippen LogP contribution in [-0.2, 0) is 4.79 Å². The van der Waals surface area contributed by atoms with E-state index in [0.717, 1.165) is 11.3 Å². The lowest BCUT2D eigenvalue weighted by molar-refractivity contribution is -0.116. The summed E-state index contributed by atoms with van der Waals surface area (Å²) in [6.07, 6.45) is 3.28. The number of nitrogen functional groups attached to an aromatic ring is 1. The largest absolute Gasteiger partial charge is 0.399 e. The molecule has 1 rings (SSSR count). The van der Waals surface area contributed by atoms with Crippen LogP contribution in [0, 0.1) is 0 Å². The first kappa shape index (κ1) is 11.3. The number of hydrogen-bond acceptors (Lipinski definition) is 2. The predicted molar refractivity (Wildman–Crippen MR) is 63.2 cm³/mol. The highest BCUT2D eigenvalue weighted by atomic mass is 16.1. The second-order valence-electron chi connectivity index (χ2n) is 3.66. The van der Waals surface area contributed by atoms with Gasteiger partial charge in [0.15, 0.2) is 0 Å². The maximum Gasteiger partial charge on any atom is 0.244 e. The molecule has 1 amide bonds. The molecule has 0 atom stereocenters. The minimum absolute atomic E-state index is 0.0816. The van der Waals surface area contributed by atoms with E-state index >= 15 is 0 Å². The zero-order chi connectivity index (χ0) is 11.3. The Kier molecular flexibility index (Phi) is 3.92. The van der Waals surface area contributed by atoms with Gasteiger partial charge in [-0.05, 0) is 37.6 Å². The molecule has 0 saturated heterocycles. The summed E-state index contributed by atoms with van der Waals surface area (Å²) >= 11 is 0. The number of carbonyl (C=O) groups is 1. The SMILES string of the molecule is CC(C)NC(=O)/C=C/c1ccc(N)cc1. The van der Waals surface area contributed by atoms with E-state index in [1.807, 2.05) is 26.0 Å². The molecule has 0 aromatic heterocycles. The van der Waals surface area contributed by atoms with E-state index < -0.39 is 0 Å². The topological polar surface area (TPSA) is 55.1 Å². The second kappa shape index (κ2) is 5.20. The Labute approximate surface area is 90.0 Å². The molecule has 0 aliphatic rings. The maximum absolute atomic E-state index is 11.3. The molecule has 3 N–H and O–H groups in total. The second-order valence-corrected chi connectivity index (χ2v) is 3.66. The van der Waals surface area contributed by atoms with Gasteiger partial charge >= 0.3 is 0 Å². The molecular weight excluding hydrogens is 188 g/mol. The van der Waals surface area contributed by atoms with Crippen LogP contribution in [-0.4, -0.2) is 11.9 Å². The lowest BCUT2D eigenvalue weighted by Gasteiger charge is -2.04. The average molecular weight is 204 g/mol. The van der Waals surface area contributed by atoms with Crippen molar-refractivity contribution in [3.63, 3.8) is 0 Å². The van der Waals surface area contributed by atoms with Gasteiger partial charge in [-0.1, -0.05) is 12.1 Å². The van der Waals surface area contributed by atoms with Gasteiger partial charge in [-0.3, -0.25) is 4.79 Å². The maximum atomic E-state index is 11.3. The number of benzene rings is 1. The number of anilines is 1. The zero-order valence-corrected chi connectivity index (χ0v) is 9.03. The molecule has 0 aliphatic heterocycles. The quantitative estimate of drug-likeness (QED) is 0.582. The Morgan fingerprint density at radius 1 is 1.33 bits per heavy atom. The van der Waals surface area contributed by atoms with E-state index in [1.54, 1.807) is 18.2 Å². The van der Waals surface area contributed by atoms with Gasteiger partial charge in [0.05, 0.1) is 0 Å². The molecule has 3 heteroatoms. The Morgan fingerprint density at radius 2 is 1.93 bits per heavy atom. The highest BCUT2D eigenvalue weighted by molar-refractivity contribution is 5.91. The number of amides is 1. The third kappa shape index (κ3) is 4.31. The number of rotatable bonds is 3. The van der Waals surface area contributed by atoms with Crippen LogP contribution in [0.2, 0.25) is 0 Å². The predicted octanol–water partition coefficient (Wildman–Crippen LogP) is 1.81. The van der Waals surface area contributed by atoms with Crippen LogP contribution in [0.15, 0.2) is 30.3 Å². The Balaban J connectivity index is 2.57. The lowest BCUT2D eigenvalue weighted by atomic mass is 10.2. The molecule has 1 aromatic carbocycles. The molecule has 0 saturated carbocycles. The van der Waals surface area contributed by atoms with E-state index in [-0.39, 0.29) is 11.9 Å². The molecule has 0 spiro atoms. The van der Waals surface area contributed by atoms with Crippen molar-refractivity contribution in [3.05, 3.63) is 35.9 Å². The first-order chi connectivity index (χ1) is 7.08. The van der Waals surface area contributed by atoms with Crippen LogP contribution >= 0.6 is 0 Å². The van der Waals surface area contributed by atoms with E-state index in [2.05, 4.69) is 5.32 Å². The summed E-state index contributed by atoms with van der Waals surface area (Å²) in [5, 5.41) is 2.77. The summed E-state index contributed by atoms with van der Waals surface area (Å²) in [4.78, 5) is 11.3. The highest BCUT2D eigenvalue weighted by Crippen LogP contribution is 2.06. The van der Waals surface area contributed by atoms with Gasteiger partial charge in [0, 0.05) is 17.8 Å². The van der Waals surface area contributed by atoms with Crippen molar-refractivity contribution in [1.82, 2.24) is 5.32 Å². The summed E-state index contributed by atoms with van der Waals surface area (Å²) in [6.45, 7) is 3.85. The van der Waals surface area contributed by atoms with Crippen molar-refractivity contribution in [3.8, 4) is 0 Å². The van der Waals surface area contributed by atoms with Crippen molar-refractivity contribution in [2.24, 2.45) is 0 Å². The third-order valence-corrected chi connectivity index (χ3v) is 1.79. The normalized spacial score (nSPS) is 10.9. The summed E-state index contributed by atoms with van der Waals surface area (Å²) < 4.78 is 0. The number of nitrogens with one attached hydrogen (secondary N) is 1. The molecule has 80 valence electrons. The molecule has 0 unspecified atom stereocenters. The molecule has 0 aliphatic carbocycles. The van der Waals surface area contributed by atoms with Gasteiger partial charge in [0.25, 0.3) is 0 Å². The Hall–Kier alpha value is -1.77. The third-order valence-electron chi connectivity index (χ3n) is 1.79. The molecule has 1 aromatic rings. The average Bonchev–Trinajstić information content (AvgIpc) is 2.16. The standard InChI is InChI=1S/C12H16N2O/c1-9(2)14-12(15)8-5-10-3-6-11(13)7-4-10/h3-9H,13H2,1-2H3,(H,14,15)/b8-5+. The molecule has 3 nitrogen and oxygen atoms in total. The van der Waals surface area contributed by atoms with Crippen LogP contribution in [0.5, 0.6) is 0 Å². The van der Waals surface area contributed by atoms with Gasteiger partial charge < -0.3 is 11.1 Å².